The highest BCUT2D eigenvalue weighted by Crippen LogP contribution is 2.34. The van der Waals surface area contributed by atoms with Crippen LogP contribution in [0.3, 0.4) is 0 Å². The fraction of sp³-hybridized carbons (Fsp3) is 0.192. The minimum atomic E-state index is -0.767. The van der Waals surface area contributed by atoms with Crippen molar-refractivity contribution in [1.82, 2.24) is 25.0 Å². The summed E-state index contributed by atoms with van der Waals surface area (Å²) in [6.45, 7) is 0.191. The highest BCUT2D eigenvalue weighted by molar-refractivity contribution is 5.84. The van der Waals surface area contributed by atoms with Crippen LogP contribution in [0.25, 0.3) is 39.0 Å². The molecule has 0 aliphatic carbocycles. The molecular weight excluding hydrogens is 468 g/mol. The number of hydrogen-bond acceptors (Lipinski definition) is 6. The largest absolute Gasteiger partial charge is 0.459 e. The van der Waals surface area contributed by atoms with Crippen molar-refractivity contribution in [1.29, 1.82) is 0 Å². The molecule has 1 unspecified atom stereocenters. The molecule has 2 aromatic heterocycles. The van der Waals surface area contributed by atoms with E-state index in [-0.39, 0.29) is 41.4 Å². The number of aliphatic hydroxyl groups excluding tert-OH is 1. The van der Waals surface area contributed by atoms with Gasteiger partial charge in [0.1, 0.15) is 17.4 Å². The van der Waals surface area contributed by atoms with Crippen molar-refractivity contribution in [2.24, 2.45) is 0 Å². The number of benzene rings is 3. The summed E-state index contributed by atoms with van der Waals surface area (Å²) in [5.74, 6) is -1.47. The van der Waals surface area contributed by atoms with Gasteiger partial charge in [-0.15, -0.1) is 5.10 Å². The molecule has 0 bridgehead atoms. The van der Waals surface area contributed by atoms with Gasteiger partial charge in [-0.1, -0.05) is 41.6 Å². The first-order chi connectivity index (χ1) is 17.6. The molecule has 1 aliphatic rings. The quantitative estimate of drug-likeness (QED) is 0.369. The predicted molar refractivity (Wildman–Crippen MR) is 128 cm³/mol. The molecule has 1 saturated heterocycles. The minimum absolute atomic E-state index is 0.00759. The van der Waals surface area contributed by atoms with Crippen molar-refractivity contribution in [3.8, 4) is 34.0 Å². The van der Waals surface area contributed by atoms with Crippen molar-refractivity contribution in [3.05, 3.63) is 78.6 Å². The van der Waals surface area contributed by atoms with Gasteiger partial charge in [0.2, 0.25) is 0 Å². The number of H-pyrrole nitrogens is 1. The van der Waals surface area contributed by atoms with Crippen molar-refractivity contribution >= 4 is 11.0 Å². The first-order valence-corrected chi connectivity index (χ1v) is 11.4. The third-order valence-corrected chi connectivity index (χ3v) is 6.23. The second-order valence-corrected chi connectivity index (χ2v) is 8.57. The lowest BCUT2D eigenvalue weighted by molar-refractivity contribution is 0.0528. The van der Waals surface area contributed by atoms with Crippen LogP contribution in [0.2, 0.25) is 0 Å². The molecule has 2 N–H and O–H groups in total. The smallest absolute Gasteiger partial charge is 0.295 e. The van der Waals surface area contributed by atoms with Crippen LogP contribution in [0, 0.1) is 11.6 Å². The second-order valence-electron chi connectivity index (χ2n) is 8.57. The zero-order valence-electron chi connectivity index (χ0n) is 18.9. The number of aromatic amines is 1. The van der Waals surface area contributed by atoms with Gasteiger partial charge in [-0.2, -0.15) is 4.98 Å². The van der Waals surface area contributed by atoms with Gasteiger partial charge in [-0.3, -0.25) is 0 Å². The Bertz CT molecular complexity index is 1500. The summed E-state index contributed by atoms with van der Waals surface area (Å²) in [4.78, 5) is 7.02. The monoisotopic (exact) mass is 489 g/mol. The fourth-order valence-electron chi connectivity index (χ4n) is 4.40. The molecular formula is C26H21F2N5O3. The maximum absolute atomic E-state index is 15.4. The van der Waals surface area contributed by atoms with Crippen LogP contribution in [0.4, 0.5) is 8.78 Å². The lowest BCUT2D eigenvalue weighted by atomic mass is 9.99. The molecule has 0 saturated carbocycles. The van der Waals surface area contributed by atoms with Gasteiger partial charge in [-0.05, 0) is 28.8 Å². The molecule has 10 heteroatoms. The van der Waals surface area contributed by atoms with E-state index in [1.54, 1.807) is 29.2 Å². The van der Waals surface area contributed by atoms with E-state index in [4.69, 9.17) is 9.47 Å². The molecule has 0 radical (unpaired) electrons. The van der Waals surface area contributed by atoms with Crippen LogP contribution in [0.1, 0.15) is 6.42 Å². The summed E-state index contributed by atoms with van der Waals surface area (Å²) >= 11 is 0. The normalized spacial score (nSPS) is 17.6. The molecule has 1 fully saturated rings. The molecule has 0 amide bonds. The zero-order chi connectivity index (χ0) is 24.6. The standard InChI is InChI=1S/C26H21F2N5O3/c27-21-12-22-25(31-26(30-22)36-20-11-19(13-34)35-14-20)24(28)23(21)17-3-1-15(2-4-17)16-5-7-18(8-6-16)33-10-9-29-32-33/h1-10,12,19-20,34H,11,13-14H2,(H,30,31)/t19-,20?/m0/s1. The van der Waals surface area contributed by atoms with E-state index in [0.717, 1.165) is 16.8 Å². The SMILES string of the molecule is OC[C@@H]1CC(Oc2nc3c(F)c(-c4ccc(-c5ccc(-n6ccnn6)cc5)cc4)c(F)cc3[nH]2)CO1. The van der Waals surface area contributed by atoms with Gasteiger partial charge in [-0.25, -0.2) is 13.5 Å². The Balaban J connectivity index is 1.26. The lowest BCUT2D eigenvalue weighted by Gasteiger charge is -2.08. The van der Waals surface area contributed by atoms with Crippen LogP contribution < -0.4 is 4.74 Å². The molecule has 2 atom stereocenters. The van der Waals surface area contributed by atoms with E-state index in [9.17, 15) is 9.50 Å². The van der Waals surface area contributed by atoms with Gasteiger partial charge in [0.15, 0.2) is 5.82 Å². The average molecular weight is 489 g/mol. The summed E-state index contributed by atoms with van der Waals surface area (Å²) in [5.41, 5.74) is 3.17. The Morgan fingerprint density at radius 2 is 1.78 bits per heavy atom. The second kappa shape index (κ2) is 9.14. The first kappa shape index (κ1) is 22.3. The Morgan fingerprint density at radius 3 is 2.44 bits per heavy atom. The summed E-state index contributed by atoms with van der Waals surface area (Å²) in [6, 6.07) is 16.0. The maximum atomic E-state index is 15.4. The van der Waals surface area contributed by atoms with E-state index in [2.05, 4.69) is 20.3 Å². The van der Waals surface area contributed by atoms with Gasteiger partial charge >= 0.3 is 0 Å². The number of halogens is 2. The van der Waals surface area contributed by atoms with Crippen molar-refractivity contribution in [2.45, 2.75) is 18.6 Å². The number of hydrogen-bond donors (Lipinski definition) is 2. The van der Waals surface area contributed by atoms with Crippen LogP contribution in [-0.2, 0) is 4.74 Å². The van der Waals surface area contributed by atoms with Crippen molar-refractivity contribution in [3.63, 3.8) is 0 Å². The summed E-state index contributed by atoms with van der Waals surface area (Å²) in [7, 11) is 0. The highest BCUT2D eigenvalue weighted by atomic mass is 19.1. The number of aliphatic hydroxyl groups is 1. The third kappa shape index (κ3) is 4.10. The fourth-order valence-corrected chi connectivity index (χ4v) is 4.40. The Kier molecular flexibility index (Phi) is 5.67. The van der Waals surface area contributed by atoms with Crippen LogP contribution >= 0.6 is 0 Å². The summed E-state index contributed by atoms with van der Waals surface area (Å²) in [6.07, 6.45) is 3.23. The highest BCUT2D eigenvalue weighted by Gasteiger charge is 2.28. The van der Waals surface area contributed by atoms with E-state index >= 15 is 4.39 Å². The molecule has 3 aromatic carbocycles. The molecule has 0 spiro atoms. The number of ether oxygens (including phenoxy) is 2. The van der Waals surface area contributed by atoms with E-state index in [1.807, 2.05) is 36.4 Å². The van der Waals surface area contributed by atoms with Crippen LogP contribution in [0.5, 0.6) is 6.01 Å². The van der Waals surface area contributed by atoms with Gasteiger partial charge in [0, 0.05) is 12.5 Å². The van der Waals surface area contributed by atoms with Gasteiger partial charge in [0.25, 0.3) is 6.01 Å². The number of fused-ring (bicyclic) bond motifs is 1. The lowest BCUT2D eigenvalue weighted by Crippen LogP contribution is -2.17. The molecule has 6 rings (SSSR count). The number of nitrogens with zero attached hydrogens (tertiary/aromatic N) is 4. The number of rotatable bonds is 6. The first-order valence-electron chi connectivity index (χ1n) is 11.4. The number of nitrogens with one attached hydrogen (secondary N) is 1. The van der Waals surface area contributed by atoms with Crippen LogP contribution in [-0.4, -0.2) is 55.5 Å². The molecule has 36 heavy (non-hydrogen) atoms. The Morgan fingerprint density at radius 1 is 1.06 bits per heavy atom. The van der Waals surface area contributed by atoms with Gasteiger partial charge in [0.05, 0.1) is 48.5 Å². The van der Waals surface area contributed by atoms with E-state index in [1.165, 1.54) is 6.07 Å². The molecule has 182 valence electrons. The minimum Gasteiger partial charge on any atom is -0.459 e. The number of imidazole rings is 1. The number of aromatic nitrogens is 5. The molecule has 5 aromatic rings. The zero-order valence-corrected chi connectivity index (χ0v) is 18.9. The molecule has 3 heterocycles. The van der Waals surface area contributed by atoms with Crippen molar-refractivity contribution < 1.29 is 23.4 Å². The predicted octanol–water partition coefficient (Wildman–Crippen LogP) is 4.28. The topological polar surface area (TPSA) is 98.1 Å². The third-order valence-electron chi connectivity index (χ3n) is 6.23. The van der Waals surface area contributed by atoms with Crippen LogP contribution in [0.15, 0.2) is 67.0 Å². The van der Waals surface area contributed by atoms with Crippen molar-refractivity contribution in [2.75, 3.05) is 13.2 Å². The Labute approximate surface area is 204 Å². The average Bonchev–Trinajstić information content (AvgIpc) is 3.66. The van der Waals surface area contributed by atoms with E-state index in [0.29, 0.717) is 18.6 Å². The van der Waals surface area contributed by atoms with E-state index < -0.39 is 11.6 Å². The maximum Gasteiger partial charge on any atom is 0.295 e. The summed E-state index contributed by atoms with van der Waals surface area (Å²) in [5, 5.41) is 17.0. The Hall–Kier alpha value is -4.15. The summed E-state index contributed by atoms with van der Waals surface area (Å²) < 4.78 is 43.2. The van der Waals surface area contributed by atoms with Gasteiger partial charge < -0.3 is 19.6 Å². The molecule has 8 nitrogen and oxygen atoms in total. The molecule has 1 aliphatic heterocycles.